The van der Waals surface area contributed by atoms with E-state index in [0.29, 0.717) is 5.88 Å². The Bertz CT molecular complexity index is 455. The third-order valence-corrected chi connectivity index (χ3v) is 2.89. The quantitative estimate of drug-likeness (QED) is 0.649. The minimum atomic E-state index is 0.693. The third-order valence-electron chi connectivity index (χ3n) is 2.47. The fourth-order valence-electron chi connectivity index (χ4n) is 1.47. The van der Waals surface area contributed by atoms with E-state index in [4.69, 9.17) is 4.74 Å². The van der Waals surface area contributed by atoms with Gasteiger partial charge in [0.1, 0.15) is 11.5 Å². The molecule has 0 aromatic heterocycles. The average Bonchev–Trinajstić information content (AvgIpc) is 2.40. The zero-order chi connectivity index (χ0) is 12.1. The first-order valence-corrected chi connectivity index (χ1v) is 6.08. The summed E-state index contributed by atoms with van der Waals surface area (Å²) in [6.07, 6.45) is 0. The Labute approximate surface area is 107 Å². The van der Waals surface area contributed by atoms with Gasteiger partial charge in [-0.1, -0.05) is 18.2 Å². The maximum atomic E-state index is 5.71. The SMILES string of the molecule is CN(CS)c1ccc(Oc2ccccc2)cc1. The van der Waals surface area contributed by atoms with E-state index in [9.17, 15) is 0 Å². The van der Waals surface area contributed by atoms with Crippen LogP contribution in [-0.4, -0.2) is 12.9 Å². The van der Waals surface area contributed by atoms with Crippen molar-refractivity contribution in [2.75, 3.05) is 17.8 Å². The highest BCUT2D eigenvalue weighted by molar-refractivity contribution is 7.80. The maximum Gasteiger partial charge on any atom is 0.127 e. The number of ether oxygens (including phenoxy) is 1. The summed E-state index contributed by atoms with van der Waals surface area (Å²) >= 11 is 4.23. The fraction of sp³-hybridized carbons (Fsp3) is 0.143. The smallest absolute Gasteiger partial charge is 0.127 e. The number of benzene rings is 2. The number of nitrogens with zero attached hydrogens (tertiary/aromatic N) is 1. The van der Waals surface area contributed by atoms with E-state index >= 15 is 0 Å². The Hall–Kier alpha value is -1.61. The first kappa shape index (κ1) is 11.9. The van der Waals surface area contributed by atoms with E-state index in [1.165, 1.54) is 0 Å². The Morgan fingerprint density at radius 1 is 0.941 bits per heavy atom. The predicted molar refractivity (Wildman–Crippen MR) is 75.2 cm³/mol. The van der Waals surface area contributed by atoms with Crippen molar-refractivity contribution < 1.29 is 4.74 Å². The summed E-state index contributed by atoms with van der Waals surface area (Å²) in [5.74, 6) is 2.38. The van der Waals surface area contributed by atoms with Crippen molar-refractivity contribution in [1.29, 1.82) is 0 Å². The van der Waals surface area contributed by atoms with Crippen LogP contribution in [0.3, 0.4) is 0 Å². The number of rotatable bonds is 4. The van der Waals surface area contributed by atoms with Crippen LogP contribution in [-0.2, 0) is 0 Å². The van der Waals surface area contributed by atoms with Gasteiger partial charge in [0.15, 0.2) is 0 Å². The lowest BCUT2D eigenvalue weighted by atomic mass is 10.3. The normalized spacial score (nSPS) is 10.0. The van der Waals surface area contributed by atoms with Crippen LogP contribution in [0.15, 0.2) is 54.6 Å². The molecule has 0 aliphatic carbocycles. The Balaban J connectivity index is 2.08. The summed E-state index contributed by atoms with van der Waals surface area (Å²) in [7, 11) is 2.00. The molecule has 0 heterocycles. The molecule has 0 aliphatic rings. The molecule has 0 amide bonds. The first-order chi connectivity index (χ1) is 8.29. The lowest BCUT2D eigenvalue weighted by Crippen LogP contribution is -2.13. The molecular weight excluding hydrogens is 230 g/mol. The van der Waals surface area contributed by atoms with Crippen LogP contribution in [0.25, 0.3) is 0 Å². The van der Waals surface area contributed by atoms with Gasteiger partial charge in [0.2, 0.25) is 0 Å². The van der Waals surface area contributed by atoms with Gasteiger partial charge >= 0.3 is 0 Å². The van der Waals surface area contributed by atoms with Gasteiger partial charge in [0.05, 0.1) is 5.88 Å². The number of hydrogen-bond donors (Lipinski definition) is 1. The van der Waals surface area contributed by atoms with Gasteiger partial charge in [-0.15, -0.1) is 0 Å². The van der Waals surface area contributed by atoms with E-state index in [0.717, 1.165) is 17.2 Å². The Morgan fingerprint density at radius 3 is 2.12 bits per heavy atom. The Kier molecular flexibility index (Phi) is 3.94. The second-order valence-electron chi connectivity index (χ2n) is 3.75. The monoisotopic (exact) mass is 245 g/mol. The topological polar surface area (TPSA) is 12.5 Å². The second kappa shape index (κ2) is 5.64. The molecule has 2 aromatic rings. The maximum absolute atomic E-state index is 5.71. The van der Waals surface area contributed by atoms with Gasteiger partial charge in [-0.2, -0.15) is 12.6 Å². The third kappa shape index (κ3) is 3.17. The van der Waals surface area contributed by atoms with E-state index in [2.05, 4.69) is 17.5 Å². The van der Waals surface area contributed by atoms with Crippen LogP contribution in [0.5, 0.6) is 11.5 Å². The van der Waals surface area contributed by atoms with Crippen LogP contribution in [0.4, 0.5) is 5.69 Å². The molecule has 0 bridgehead atoms. The summed E-state index contributed by atoms with van der Waals surface area (Å²) in [6, 6.07) is 17.7. The first-order valence-electron chi connectivity index (χ1n) is 5.44. The minimum absolute atomic E-state index is 0.693. The number of para-hydroxylation sites is 1. The van der Waals surface area contributed by atoms with E-state index in [1.807, 2.05) is 61.6 Å². The van der Waals surface area contributed by atoms with Crippen molar-refractivity contribution in [3.63, 3.8) is 0 Å². The lowest BCUT2D eigenvalue weighted by Gasteiger charge is -2.16. The molecule has 0 spiro atoms. The molecule has 0 aliphatic heterocycles. The zero-order valence-corrected chi connectivity index (χ0v) is 10.6. The molecule has 0 N–H and O–H groups in total. The van der Waals surface area contributed by atoms with Gasteiger partial charge in [-0.25, -0.2) is 0 Å². The van der Waals surface area contributed by atoms with Gasteiger partial charge in [0.25, 0.3) is 0 Å². The summed E-state index contributed by atoms with van der Waals surface area (Å²) in [4.78, 5) is 2.05. The van der Waals surface area contributed by atoms with Gasteiger partial charge in [-0.3, -0.25) is 0 Å². The van der Waals surface area contributed by atoms with Crippen molar-refractivity contribution in [2.24, 2.45) is 0 Å². The molecule has 0 atom stereocenters. The van der Waals surface area contributed by atoms with Gasteiger partial charge in [0, 0.05) is 12.7 Å². The molecule has 3 heteroatoms. The number of anilines is 1. The van der Waals surface area contributed by atoms with Crippen LogP contribution in [0.2, 0.25) is 0 Å². The van der Waals surface area contributed by atoms with E-state index in [1.54, 1.807) is 0 Å². The summed E-state index contributed by atoms with van der Waals surface area (Å²) in [5, 5.41) is 0. The molecule has 88 valence electrons. The van der Waals surface area contributed by atoms with Gasteiger partial charge < -0.3 is 9.64 Å². The molecule has 0 radical (unpaired) electrons. The van der Waals surface area contributed by atoms with Crippen molar-refractivity contribution in [2.45, 2.75) is 0 Å². The van der Waals surface area contributed by atoms with Crippen molar-refractivity contribution >= 4 is 18.3 Å². The average molecular weight is 245 g/mol. The van der Waals surface area contributed by atoms with Crippen LogP contribution < -0.4 is 9.64 Å². The number of hydrogen-bond acceptors (Lipinski definition) is 3. The van der Waals surface area contributed by atoms with E-state index in [-0.39, 0.29) is 0 Å². The molecule has 2 rings (SSSR count). The molecular formula is C14H15NOS. The van der Waals surface area contributed by atoms with Crippen LogP contribution in [0.1, 0.15) is 0 Å². The molecule has 0 fully saturated rings. The minimum Gasteiger partial charge on any atom is -0.457 e. The molecule has 0 saturated carbocycles. The van der Waals surface area contributed by atoms with Gasteiger partial charge in [-0.05, 0) is 36.4 Å². The van der Waals surface area contributed by atoms with Crippen molar-refractivity contribution in [3.05, 3.63) is 54.6 Å². The molecule has 2 nitrogen and oxygen atoms in total. The fourth-order valence-corrected chi connectivity index (χ4v) is 1.64. The zero-order valence-electron chi connectivity index (χ0n) is 9.71. The molecule has 0 saturated heterocycles. The largest absolute Gasteiger partial charge is 0.457 e. The van der Waals surface area contributed by atoms with Crippen LogP contribution >= 0.6 is 12.6 Å². The highest BCUT2D eigenvalue weighted by Gasteiger charge is 1.99. The summed E-state index contributed by atoms with van der Waals surface area (Å²) < 4.78 is 5.71. The van der Waals surface area contributed by atoms with Crippen molar-refractivity contribution in [1.82, 2.24) is 0 Å². The highest BCUT2D eigenvalue weighted by Crippen LogP contribution is 2.23. The standard InChI is InChI=1S/C14H15NOS/c1-15(11-17)12-7-9-14(10-8-12)16-13-5-3-2-4-6-13/h2-10,17H,11H2,1H3. The summed E-state index contributed by atoms with van der Waals surface area (Å²) in [5.41, 5.74) is 1.13. The van der Waals surface area contributed by atoms with Crippen LogP contribution in [0, 0.1) is 0 Å². The van der Waals surface area contributed by atoms with Crippen molar-refractivity contribution in [3.8, 4) is 11.5 Å². The predicted octanol–water partition coefficient (Wildman–Crippen LogP) is 3.80. The highest BCUT2D eigenvalue weighted by atomic mass is 32.1. The molecule has 2 aromatic carbocycles. The second-order valence-corrected chi connectivity index (χ2v) is 4.03. The van der Waals surface area contributed by atoms with E-state index < -0.39 is 0 Å². The Morgan fingerprint density at radius 2 is 1.53 bits per heavy atom. The summed E-state index contributed by atoms with van der Waals surface area (Å²) in [6.45, 7) is 0. The lowest BCUT2D eigenvalue weighted by molar-refractivity contribution is 0.483. The number of thiol groups is 1. The molecule has 0 unspecified atom stereocenters. The molecule has 17 heavy (non-hydrogen) atoms.